The van der Waals surface area contributed by atoms with Crippen LogP contribution >= 0.6 is 0 Å². The van der Waals surface area contributed by atoms with Crippen LogP contribution in [0.4, 0.5) is 0 Å². The number of piperidine rings is 3. The molecule has 3 atom stereocenters. The summed E-state index contributed by atoms with van der Waals surface area (Å²) in [6.07, 6.45) is 3.04. The van der Waals surface area contributed by atoms with Crippen molar-refractivity contribution >= 4 is 5.91 Å². The van der Waals surface area contributed by atoms with Gasteiger partial charge < -0.3 is 10.5 Å². The number of likely N-dealkylation sites (tertiary alicyclic amines) is 1. The monoisotopic (exact) mass is 329 g/mol. The third-order valence-corrected chi connectivity index (χ3v) is 6.26. The minimum atomic E-state index is -0.197. The summed E-state index contributed by atoms with van der Waals surface area (Å²) in [6.45, 7) is 4.25. The first-order chi connectivity index (χ1) is 11.7. The van der Waals surface area contributed by atoms with Crippen LogP contribution in [0.2, 0.25) is 0 Å². The first kappa shape index (κ1) is 15.9. The van der Waals surface area contributed by atoms with Crippen LogP contribution in [-0.4, -0.2) is 61.1 Å². The second-order valence-corrected chi connectivity index (χ2v) is 7.45. The molecule has 0 unspecified atom stereocenters. The van der Waals surface area contributed by atoms with Crippen LogP contribution in [0.1, 0.15) is 30.7 Å². The van der Waals surface area contributed by atoms with Gasteiger partial charge in [-0.2, -0.15) is 0 Å². The van der Waals surface area contributed by atoms with E-state index in [1.54, 1.807) is 7.11 Å². The van der Waals surface area contributed by atoms with Crippen molar-refractivity contribution in [2.45, 2.75) is 37.3 Å². The smallest absolute Gasteiger partial charge is 0.218 e. The summed E-state index contributed by atoms with van der Waals surface area (Å²) in [7, 11) is 1.72. The van der Waals surface area contributed by atoms with Crippen molar-refractivity contribution in [1.29, 1.82) is 0 Å². The van der Waals surface area contributed by atoms with Crippen molar-refractivity contribution in [2.75, 3.05) is 33.3 Å². The van der Waals surface area contributed by atoms with E-state index in [2.05, 4.69) is 28.0 Å². The third kappa shape index (κ3) is 2.70. The molecule has 0 radical (unpaired) electrons. The third-order valence-electron chi connectivity index (χ3n) is 6.26. The van der Waals surface area contributed by atoms with Crippen molar-refractivity contribution in [2.24, 2.45) is 11.7 Å². The Hall–Kier alpha value is -1.59. The Morgan fingerprint density at radius 1 is 1.29 bits per heavy atom. The van der Waals surface area contributed by atoms with Gasteiger partial charge >= 0.3 is 0 Å². The Morgan fingerprint density at radius 3 is 2.79 bits per heavy atom. The molecule has 1 amide bonds. The number of rotatable bonds is 5. The number of nitrogens with two attached hydrogens (primary N) is 1. The highest BCUT2D eigenvalue weighted by Gasteiger charge is 2.53. The zero-order valence-electron chi connectivity index (χ0n) is 14.4. The number of fused-ring (bicyclic) bond motifs is 2. The van der Waals surface area contributed by atoms with Crippen LogP contribution in [0.5, 0.6) is 5.75 Å². The van der Waals surface area contributed by atoms with E-state index in [4.69, 9.17) is 10.5 Å². The first-order valence-corrected chi connectivity index (χ1v) is 9.07. The maximum atomic E-state index is 11.3. The maximum Gasteiger partial charge on any atom is 0.218 e. The first-order valence-electron chi connectivity index (χ1n) is 9.07. The Bertz CT molecular complexity index is 612. The number of hydrogen-bond acceptors (Lipinski definition) is 4. The SMILES string of the molecule is COc1cccc([C@@H]2CN(CCC(N)=O)[C@H]3C4CCN(CC4)[C@@H]23)c1. The highest BCUT2D eigenvalue weighted by molar-refractivity contribution is 5.73. The van der Waals surface area contributed by atoms with Crippen molar-refractivity contribution in [3.63, 3.8) is 0 Å². The average Bonchev–Trinajstić information content (AvgIpc) is 3.03. The number of hydrogen-bond donors (Lipinski definition) is 1. The summed E-state index contributed by atoms with van der Waals surface area (Å²) in [6, 6.07) is 9.65. The lowest BCUT2D eigenvalue weighted by atomic mass is 9.75. The maximum absolute atomic E-state index is 11.3. The molecule has 5 nitrogen and oxygen atoms in total. The number of carbonyl (C=O) groups excluding carboxylic acids is 1. The molecule has 1 aromatic carbocycles. The Morgan fingerprint density at radius 2 is 2.08 bits per heavy atom. The van der Waals surface area contributed by atoms with Gasteiger partial charge in [0.25, 0.3) is 0 Å². The molecule has 4 aliphatic heterocycles. The van der Waals surface area contributed by atoms with Crippen LogP contribution < -0.4 is 10.5 Å². The van der Waals surface area contributed by atoms with Gasteiger partial charge in [-0.1, -0.05) is 12.1 Å². The molecular formula is C19H27N3O2. The van der Waals surface area contributed by atoms with Gasteiger partial charge in [0.1, 0.15) is 5.75 Å². The van der Waals surface area contributed by atoms with E-state index in [0.717, 1.165) is 24.8 Å². The number of carbonyl (C=O) groups is 1. The molecule has 4 aliphatic rings. The van der Waals surface area contributed by atoms with Gasteiger partial charge in [0.05, 0.1) is 7.11 Å². The van der Waals surface area contributed by atoms with Crippen LogP contribution in [0.25, 0.3) is 0 Å². The van der Waals surface area contributed by atoms with Gasteiger partial charge in [-0.15, -0.1) is 0 Å². The van der Waals surface area contributed by atoms with E-state index in [1.807, 2.05) is 6.07 Å². The van der Waals surface area contributed by atoms with E-state index in [0.29, 0.717) is 24.4 Å². The van der Waals surface area contributed by atoms with Gasteiger partial charge in [0.2, 0.25) is 5.91 Å². The average molecular weight is 329 g/mol. The van der Waals surface area contributed by atoms with E-state index >= 15 is 0 Å². The second-order valence-electron chi connectivity index (χ2n) is 7.45. The fraction of sp³-hybridized carbons (Fsp3) is 0.632. The summed E-state index contributed by atoms with van der Waals surface area (Å²) < 4.78 is 5.43. The van der Waals surface area contributed by atoms with Gasteiger partial charge in [-0.3, -0.25) is 14.6 Å². The number of methoxy groups -OCH3 is 1. The lowest BCUT2D eigenvalue weighted by Crippen LogP contribution is -2.60. The topological polar surface area (TPSA) is 58.8 Å². The number of benzene rings is 1. The van der Waals surface area contributed by atoms with Crippen molar-refractivity contribution in [3.8, 4) is 5.75 Å². The van der Waals surface area contributed by atoms with Gasteiger partial charge in [-0.05, 0) is 49.5 Å². The minimum Gasteiger partial charge on any atom is -0.497 e. The standard InChI is InChI=1S/C19H27N3O2/c1-24-15-4-2-3-14(11-15)16-12-22(10-7-17(20)23)18-13-5-8-21(9-6-13)19(16)18/h2-4,11,13,16,18-19H,5-10,12H2,1H3,(H2,20,23)/t16-,18-,19-/m0/s1. The van der Waals surface area contributed by atoms with Crippen LogP contribution in [-0.2, 0) is 4.79 Å². The van der Waals surface area contributed by atoms with Gasteiger partial charge in [0, 0.05) is 37.5 Å². The molecule has 24 heavy (non-hydrogen) atoms. The lowest BCUT2D eigenvalue weighted by molar-refractivity contribution is -0.118. The zero-order chi connectivity index (χ0) is 16.7. The van der Waals surface area contributed by atoms with Gasteiger partial charge in [0.15, 0.2) is 0 Å². The Labute approximate surface area is 143 Å². The Balaban J connectivity index is 1.63. The summed E-state index contributed by atoms with van der Waals surface area (Å²) >= 11 is 0. The molecular weight excluding hydrogens is 302 g/mol. The molecule has 4 saturated heterocycles. The molecule has 0 aromatic heterocycles. The molecule has 4 heterocycles. The summed E-state index contributed by atoms with van der Waals surface area (Å²) in [4.78, 5) is 16.5. The number of primary amides is 1. The van der Waals surface area contributed by atoms with Crippen LogP contribution in [0, 0.1) is 5.92 Å². The van der Waals surface area contributed by atoms with Gasteiger partial charge in [-0.25, -0.2) is 0 Å². The van der Waals surface area contributed by atoms with E-state index in [-0.39, 0.29) is 5.91 Å². The molecule has 5 rings (SSSR count). The molecule has 2 bridgehead atoms. The number of ether oxygens (including phenoxy) is 1. The fourth-order valence-corrected chi connectivity index (χ4v) is 5.21. The van der Waals surface area contributed by atoms with Crippen molar-refractivity contribution in [1.82, 2.24) is 9.80 Å². The molecule has 0 spiro atoms. The number of nitrogens with zero attached hydrogens (tertiary/aromatic N) is 2. The molecule has 130 valence electrons. The zero-order valence-corrected chi connectivity index (χ0v) is 14.4. The largest absolute Gasteiger partial charge is 0.497 e. The number of amides is 1. The molecule has 5 heteroatoms. The predicted molar refractivity (Wildman–Crippen MR) is 93.0 cm³/mol. The highest BCUT2D eigenvalue weighted by atomic mass is 16.5. The summed E-state index contributed by atoms with van der Waals surface area (Å²) in [5, 5.41) is 0. The van der Waals surface area contributed by atoms with Crippen molar-refractivity contribution in [3.05, 3.63) is 29.8 Å². The van der Waals surface area contributed by atoms with E-state index < -0.39 is 0 Å². The second kappa shape index (κ2) is 6.37. The summed E-state index contributed by atoms with van der Waals surface area (Å²) in [5.41, 5.74) is 6.77. The molecule has 1 aromatic rings. The molecule has 0 saturated carbocycles. The quantitative estimate of drug-likeness (QED) is 0.888. The predicted octanol–water partition coefficient (Wildman–Crippen LogP) is 1.43. The van der Waals surface area contributed by atoms with Crippen LogP contribution in [0.15, 0.2) is 24.3 Å². The normalized spacial score (nSPS) is 35.0. The molecule has 0 aliphatic carbocycles. The molecule has 4 fully saturated rings. The molecule has 2 N–H and O–H groups in total. The Kier molecular flexibility index (Phi) is 4.22. The van der Waals surface area contributed by atoms with E-state index in [9.17, 15) is 4.79 Å². The van der Waals surface area contributed by atoms with Crippen LogP contribution in [0.3, 0.4) is 0 Å². The highest BCUT2D eigenvalue weighted by Crippen LogP contribution is 2.46. The minimum absolute atomic E-state index is 0.197. The van der Waals surface area contributed by atoms with Crippen molar-refractivity contribution < 1.29 is 9.53 Å². The fourth-order valence-electron chi connectivity index (χ4n) is 5.21. The van der Waals surface area contributed by atoms with E-state index in [1.165, 1.54) is 31.5 Å². The lowest BCUT2D eigenvalue weighted by Gasteiger charge is -2.51. The summed E-state index contributed by atoms with van der Waals surface area (Å²) in [5.74, 6) is 1.98.